The summed E-state index contributed by atoms with van der Waals surface area (Å²) in [4.78, 5) is 11.2. The molecule has 1 heterocycles. The summed E-state index contributed by atoms with van der Waals surface area (Å²) in [6.07, 6.45) is 1.41. The molecule has 0 unspecified atom stereocenters. The number of nitrogens with zero attached hydrogens (tertiary/aromatic N) is 2. The predicted octanol–water partition coefficient (Wildman–Crippen LogP) is 2.33. The van der Waals surface area contributed by atoms with Crippen LogP contribution in [-0.4, -0.2) is 32.6 Å². The van der Waals surface area contributed by atoms with E-state index in [2.05, 4.69) is 15.7 Å². The van der Waals surface area contributed by atoms with Crippen molar-refractivity contribution in [2.24, 2.45) is 7.05 Å². The summed E-state index contributed by atoms with van der Waals surface area (Å²) in [7, 11) is 1.55. The number of aromatic carboxylic acids is 1. The Morgan fingerprint density at radius 1 is 1.36 bits per heavy atom. The number of nitrogens with one attached hydrogen (secondary N) is 2. The Bertz CT molecular complexity index is 699. The van der Waals surface area contributed by atoms with Crippen molar-refractivity contribution in [1.82, 2.24) is 9.78 Å². The van der Waals surface area contributed by atoms with Crippen LogP contribution >= 0.6 is 12.2 Å². The molecule has 0 bridgehead atoms. The first kappa shape index (κ1) is 15.8. The Morgan fingerprint density at radius 2 is 2.05 bits per heavy atom. The number of para-hydroxylation sites is 2. The standard InChI is InChI=1S/C14H16N4O3S/c1-3-21-11-7-5-4-6-9(11)16-14(22)17-10-8-15-18(2)12(10)13(19)20/h4-8H,3H2,1-2H3,(H,19,20)(H2,16,17,22). The Kier molecular flexibility index (Phi) is 4.95. The first-order valence-electron chi connectivity index (χ1n) is 6.58. The molecule has 0 amide bonds. The maximum absolute atomic E-state index is 11.2. The molecule has 0 aliphatic heterocycles. The van der Waals surface area contributed by atoms with Crippen molar-refractivity contribution < 1.29 is 14.6 Å². The van der Waals surface area contributed by atoms with Crippen molar-refractivity contribution >= 4 is 34.7 Å². The van der Waals surface area contributed by atoms with Crippen LogP contribution in [0.4, 0.5) is 11.4 Å². The molecule has 1 aromatic carbocycles. The second-order valence-electron chi connectivity index (χ2n) is 4.34. The van der Waals surface area contributed by atoms with E-state index in [0.29, 0.717) is 23.7 Å². The highest BCUT2D eigenvalue weighted by Gasteiger charge is 2.16. The van der Waals surface area contributed by atoms with Gasteiger partial charge >= 0.3 is 5.97 Å². The number of thiocarbonyl (C=S) groups is 1. The molecule has 3 N–H and O–H groups in total. The number of carbonyl (C=O) groups is 1. The fourth-order valence-electron chi connectivity index (χ4n) is 1.91. The molecule has 2 aromatic rings. The van der Waals surface area contributed by atoms with Gasteiger partial charge in [0.25, 0.3) is 0 Å². The van der Waals surface area contributed by atoms with Gasteiger partial charge in [0.1, 0.15) is 5.75 Å². The highest BCUT2D eigenvalue weighted by molar-refractivity contribution is 7.80. The SMILES string of the molecule is CCOc1ccccc1NC(=S)Nc1cnn(C)c1C(=O)O. The van der Waals surface area contributed by atoms with Crippen LogP contribution in [0.15, 0.2) is 30.5 Å². The first-order valence-corrected chi connectivity index (χ1v) is 6.99. The van der Waals surface area contributed by atoms with Crippen LogP contribution in [0, 0.1) is 0 Å². The Hall–Kier alpha value is -2.61. The molecular weight excluding hydrogens is 304 g/mol. The molecule has 0 spiro atoms. The molecule has 0 fully saturated rings. The zero-order valence-electron chi connectivity index (χ0n) is 12.2. The van der Waals surface area contributed by atoms with E-state index in [1.165, 1.54) is 10.9 Å². The summed E-state index contributed by atoms with van der Waals surface area (Å²) in [5.74, 6) is -0.418. The van der Waals surface area contributed by atoms with Gasteiger partial charge in [0, 0.05) is 7.05 Å². The van der Waals surface area contributed by atoms with Crippen LogP contribution in [0.5, 0.6) is 5.75 Å². The molecule has 0 radical (unpaired) electrons. The molecule has 0 aliphatic carbocycles. The second-order valence-corrected chi connectivity index (χ2v) is 4.75. The topological polar surface area (TPSA) is 88.4 Å². The monoisotopic (exact) mass is 320 g/mol. The van der Waals surface area contributed by atoms with Crippen LogP contribution in [0.25, 0.3) is 0 Å². The number of aromatic nitrogens is 2. The van der Waals surface area contributed by atoms with Crippen LogP contribution < -0.4 is 15.4 Å². The van der Waals surface area contributed by atoms with E-state index in [9.17, 15) is 4.79 Å². The van der Waals surface area contributed by atoms with Gasteiger partial charge in [-0.15, -0.1) is 0 Å². The molecule has 1 aromatic heterocycles. The smallest absolute Gasteiger partial charge is 0.356 e. The maximum atomic E-state index is 11.2. The molecule has 116 valence electrons. The number of carboxylic acids is 1. The van der Waals surface area contributed by atoms with Gasteiger partial charge in [-0.1, -0.05) is 12.1 Å². The van der Waals surface area contributed by atoms with Crippen molar-refractivity contribution in [1.29, 1.82) is 0 Å². The van der Waals surface area contributed by atoms with Crippen molar-refractivity contribution in [3.63, 3.8) is 0 Å². The van der Waals surface area contributed by atoms with Gasteiger partial charge in [0.05, 0.1) is 24.2 Å². The molecule has 8 heteroatoms. The van der Waals surface area contributed by atoms with Gasteiger partial charge in [0.15, 0.2) is 10.8 Å². The maximum Gasteiger partial charge on any atom is 0.356 e. The highest BCUT2D eigenvalue weighted by Crippen LogP contribution is 2.24. The van der Waals surface area contributed by atoms with Crippen LogP contribution in [0.3, 0.4) is 0 Å². The lowest BCUT2D eigenvalue weighted by molar-refractivity contribution is 0.0686. The lowest BCUT2D eigenvalue weighted by Crippen LogP contribution is -2.21. The van der Waals surface area contributed by atoms with Gasteiger partial charge in [-0.3, -0.25) is 4.68 Å². The summed E-state index contributed by atoms with van der Waals surface area (Å²) in [6, 6.07) is 7.35. The average Bonchev–Trinajstić information content (AvgIpc) is 2.82. The molecule has 22 heavy (non-hydrogen) atoms. The molecule has 0 atom stereocenters. The van der Waals surface area contributed by atoms with Gasteiger partial charge < -0.3 is 20.5 Å². The molecule has 0 saturated heterocycles. The van der Waals surface area contributed by atoms with Crippen molar-refractivity contribution in [3.05, 3.63) is 36.2 Å². The third-order valence-electron chi connectivity index (χ3n) is 2.82. The minimum absolute atomic E-state index is 0.0299. The molecule has 0 saturated carbocycles. The largest absolute Gasteiger partial charge is 0.492 e. The van der Waals surface area contributed by atoms with Gasteiger partial charge in [-0.25, -0.2) is 4.79 Å². The highest BCUT2D eigenvalue weighted by atomic mass is 32.1. The number of hydrogen-bond donors (Lipinski definition) is 3. The van der Waals surface area contributed by atoms with E-state index in [-0.39, 0.29) is 10.8 Å². The summed E-state index contributed by atoms with van der Waals surface area (Å²) in [6.45, 7) is 2.42. The fraction of sp³-hybridized carbons (Fsp3) is 0.214. The van der Waals surface area contributed by atoms with Crippen molar-refractivity contribution in [2.45, 2.75) is 6.92 Å². The van der Waals surface area contributed by atoms with E-state index >= 15 is 0 Å². The number of anilines is 2. The third-order valence-corrected chi connectivity index (χ3v) is 3.03. The lowest BCUT2D eigenvalue weighted by atomic mass is 10.3. The summed E-state index contributed by atoms with van der Waals surface area (Å²) < 4.78 is 6.76. The second kappa shape index (κ2) is 6.90. The van der Waals surface area contributed by atoms with Crippen molar-refractivity contribution in [2.75, 3.05) is 17.2 Å². The molecule has 7 nitrogen and oxygen atoms in total. The summed E-state index contributed by atoms with van der Waals surface area (Å²) in [5.41, 5.74) is 1.05. The average molecular weight is 320 g/mol. The zero-order valence-corrected chi connectivity index (χ0v) is 13.0. The Labute approximate surface area is 132 Å². The normalized spacial score (nSPS) is 10.1. The number of ether oxygens (including phenoxy) is 1. The summed E-state index contributed by atoms with van der Waals surface area (Å²) in [5, 5.41) is 19.1. The Morgan fingerprint density at radius 3 is 2.73 bits per heavy atom. The quantitative estimate of drug-likeness (QED) is 0.729. The van der Waals surface area contributed by atoms with Crippen molar-refractivity contribution in [3.8, 4) is 5.75 Å². The Balaban J connectivity index is 2.13. The first-order chi connectivity index (χ1) is 10.5. The van der Waals surface area contributed by atoms with E-state index < -0.39 is 5.97 Å². The fourth-order valence-corrected chi connectivity index (χ4v) is 2.13. The van der Waals surface area contributed by atoms with Gasteiger partial charge in [-0.05, 0) is 31.3 Å². The predicted molar refractivity (Wildman–Crippen MR) is 87.6 cm³/mol. The number of aryl methyl sites for hydroxylation is 1. The van der Waals surface area contributed by atoms with Crippen LogP contribution in [-0.2, 0) is 7.05 Å². The van der Waals surface area contributed by atoms with Crippen LogP contribution in [0.2, 0.25) is 0 Å². The molecular formula is C14H16N4O3S. The number of benzene rings is 1. The van der Waals surface area contributed by atoms with E-state index in [1.807, 2.05) is 31.2 Å². The van der Waals surface area contributed by atoms with Gasteiger partial charge in [0.2, 0.25) is 0 Å². The van der Waals surface area contributed by atoms with E-state index in [4.69, 9.17) is 22.1 Å². The molecule has 0 aliphatic rings. The summed E-state index contributed by atoms with van der Waals surface area (Å²) >= 11 is 5.21. The van der Waals surface area contributed by atoms with E-state index in [1.54, 1.807) is 7.05 Å². The lowest BCUT2D eigenvalue weighted by Gasteiger charge is -2.13. The number of rotatable bonds is 5. The van der Waals surface area contributed by atoms with Crippen LogP contribution in [0.1, 0.15) is 17.4 Å². The number of carboxylic acid groups (broad SMARTS) is 1. The van der Waals surface area contributed by atoms with Gasteiger partial charge in [-0.2, -0.15) is 5.10 Å². The number of hydrogen-bond acceptors (Lipinski definition) is 4. The minimum Gasteiger partial charge on any atom is -0.492 e. The van der Waals surface area contributed by atoms with E-state index in [0.717, 1.165) is 0 Å². The minimum atomic E-state index is -1.08. The third kappa shape index (κ3) is 3.53. The zero-order chi connectivity index (χ0) is 16.1. The molecule has 2 rings (SSSR count).